The van der Waals surface area contributed by atoms with Gasteiger partial charge >= 0.3 is 6.16 Å². The summed E-state index contributed by atoms with van der Waals surface area (Å²) in [5, 5.41) is 12.1. The van der Waals surface area contributed by atoms with E-state index in [1.165, 1.54) is 64.2 Å². The molecular weight excluding hydrogens is 260 g/mol. The summed E-state index contributed by atoms with van der Waals surface area (Å²) < 4.78 is 0. The van der Waals surface area contributed by atoms with Gasteiger partial charge in [0, 0.05) is 0 Å². The van der Waals surface area contributed by atoms with Gasteiger partial charge < -0.3 is 5.11 Å². The van der Waals surface area contributed by atoms with Gasteiger partial charge in [0.15, 0.2) is 0 Å². The largest absolute Gasteiger partial charge is 0.540 e. The van der Waals surface area contributed by atoms with Crippen molar-refractivity contribution >= 4 is 6.16 Å². The summed E-state index contributed by atoms with van der Waals surface area (Å²) in [5.41, 5.74) is 0. The highest BCUT2D eigenvalue weighted by Crippen LogP contribution is 2.11. The number of hydrogen-bond acceptors (Lipinski definition) is 4. The molecule has 0 saturated carbocycles. The normalized spacial score (nSPS) is 10.7. The highest BCUT2D eigenvalue weighted by molar-refractivity contribution is 5.55. The Kier molecular flexibility index (Phi) is 15.6. The van der Waals surface area contributed by atoms with E-state index in [4.69, 9.17) is 5.11 Å². The average molecular weight is 290 g/mol. The molecule has 0 fully saturated rings. The van der Waals surface area contributed by atoms with Crippen molar-refractivity contribution in [1.29, 1.82) is 0 Å². The van der Waals surface area contributed by atoms with E-state index in [9.17, 15) is 4.79 Å². The molecule has 0 aromatic carbocycles. The van der Waals surface area contributed by atoms with Crippen molar-refractivity contribution < 1.29 is 24.7 Å². The topological polar surface area (TPSA) is 65.0 Å². The van der Waals surface area contributed by atoms with Crippen LogP contribution in [0.25, 0.3) is 0 Å². The molecule has 0 atom stereocenters. The zero-order chi connectivity index (χ0) is 14.9. The Morgan fingerprint density at radius 3 is 1.70 bits per heavy atom. The summed E-state index contributed by atoms with van der Waals surface area (Å²) >= 11 is 0. The molecule has 0 bridgehead atoms. The van der Waals surface area contributed by atoms with Crippen molar-refractivity contribution in [2.24, 2.45) is 0 Å². The van der Waals surface area contributed by atoms with Crippen molar-refractivity contribution in [3.05, 3.63) is 0 Å². The Hall–Kier alpha value is -0.810. The van der Waals surface area contributed by atoms with Gasteiger partial charge in [-0.15, -0.1) is 0 Å². The van der Waals surface area contributed by atoms with Crippen LogP contribution in [0.15, 0.2) is 0 Å². The van der Waals surface area contributed by atoms with E-state index in [1.54, 1.807) is 0 Å². The summed E-state index contributed by atoms with van der Waals surface area (Å²) in [5.74, 6) is 0. The summed E-state index contributed by atoms with van der Waals surface area (Å²) in [4.78, 5) is 18.2. The van der Waals surface area contributed by atoms with E-state index in [0.717, 1.165) is 12.8 Å². The second-order valence-corrected chi connectivity index (χ2v) is 5.13. The lowest BCUT2D eigenvalue weighted by Gasteiger charge is -2.03. The lowest BCUT2D eigenvalue weighted by Crippen LogP contribution is -2.03. The molecule has 0 aromatic rings. The zero-order valence-corrected chi connectivity index (χ0v) is 12.8. The minimum Gasteiger partial charge on any atom is -0.448 e. The summed E-state index contributed by atoms with van der Waals surface area (Å²) in [6.07, 6.45) is 13.8. The molecule has 0 rings (SSSR count). The quantitative estimate of drug-likeness (QED) is 0.253. The van der Waals surface area contributed by atoms with E-state index >= 15 is 0 Å². The molecule has 0 radical (unpaired) electrons. The van der Waals surface area contributed by atoms with E-state index in [1.807, 2.05) is 0 Å². The first-order valence-electron chi connectivity index (χ1n) is 7.96. The average Bonchev–Trinajstić information content (AvgIpc) is 2.43. The van der Waals surface area contributed by atoms with Gasteiger partial charge in [-0.1, -0.05) is 77.6 Å². The molecule has 5 nitrogen and oxygen atoms in total. The molecule has 0 spiro atoms. The van der Waals surface area contributed by atoms with Crippen LogP contribution >= 0.6 is 0 Å². The first kappa shape index (κ1) is 19.2. The van der Waals surface area contributed by atoms with Crippen LogP contribution in [0.3, 0.4) is 0 Å². The lowest BCUT2D eigenvalue weighted by atomic mass is 10.1. The SMILES string of the molecule is CCCCCCCCCCCCCCOOOC(=O)O. The van der Waals surface area contributed by atoms with Crippen LogP contribution in [-0.4, -0.2) is 17.9 Å². The Labute approximate surface area is 122 Å². The number of unbranched alkanes of at least 4 members (excludes halogenated alkanes) is 11. The van der Waals surface area contributed by atoms with Crippen LogP contribution in [0.1, 0.15) is 84.0 Å². The molecule has 1 N–H and O–H groups in total. The number of rotatable bonds is 15. The lowest BCUT2D eigenvalue weighted by molar-refractivity contribution is -0.485. The molecule has 0 heterocycles. The smallest absolute Gasteiger partial charge is 0.448 e. The molecule has 0 aliphatic carbocycles. The number of hydrogen-bond donors (Lipinski definition) is 1. The zero-order valence-electron chi connectivity index (χ0n) is 12.8. The molecule has 120 valence electrons. The van der Waals surface area contributed by atoms with Crippen LogP contribution in [0.2, 0.25) is 0 Å². The Bertz CT molecular complexity index is 208. The van der Waals surface area contributed by atoms with Crippen LogP contribution in [0.4, 0.5) is 4.79 Å². The van der Waals surface area contributed by atoms with E-state index < -0.39 is 6.16 Å². The predicted octanol–water partition coefficient (Wildman–Crippen LogP) is 5.25. The monoisotopic (exact) mass is 290 g/mol. The maximum Gasteiger partial charge on any atom is 0.540 e. The maximum absolute atomic E-state index is 9.91. The van der Waals surface area contributed by atoms with E-state index in [0.29, 0.717) is 6.61 Å². The van der Waals surface area contributed by atoms with Gasteiger partial charge in [-0.3, -0.25) is 0 Å². The molecular formula is C15H30O5. The fourth-order valence-corrected chi connectivity index (χ4v) is 2.09. The minimum atomic E-state index is -1.50. The third kappa shape index (κ3) is 17.2. The van der Waals surface area contributed by atoms with Gasteiger partial charge in [-0.25, -0.2) is 9.68 Å². The molecule has 0 unspecified atom stereocenters. The van der Waals surface area contributed by atoms with Gasteiger partial charge in [0.2, 0.25) is 0 Å². The maximum atomic E-state index is 9.91. The first-order valence-corrected chi connectivity index (χ1v) is 7.96. The van der Waals surface area contributed by atoms with Gasteiger partial charge in [-0.2, -0.15) is 4.89 Å². The summed E-state index contributed by atoms with van der Waals surface area (Å²) in [7, 11) is 0. The molecule has 0 aliphatic rings. The van der Waals surface area contributed by atoms with Gasteiger partial charge in [0.25, 0.3) is 0 Å². The van der Waals surface area contributed by atoms with Crippen molar-refractivity contribution in [2.45, 2.75) is 84.0 Å². The van der Waals surface area contributed by atoms with Gasteiger partial charge in [0.05, 0.1) is 6.61 Å². The predicted molar refractivity (Wildman–Crippen MR) is 77.2 cm³/mol. The Morgan fingerprint density at radius 1 is 0.800 bits per heavy atom. The first-order chi connectivity index (χ1) is 9.77. The fraction of sp³-hybridized carbons (Fsp3) is 0.933. The molecule has 5 heteroatoms. The van der Waals surface area contributed by atoms with E-state index in [2.05, 4.69) is 21.7 Å². The third-order valence-corrected chi connectivity index (χ3v) is 3.23. The van der Waals surface area contributed by atoms with Gasteiger partial charge in [0.1, 0.15) is 0 Å². The number of carboxylic acid groups (broad SMARTS) is 1. The molecule has 0 saturated heterocycles. The Balaban J connectivity index is 2.94. The molecule has 0 amide bonds. The van der Waals surface area contributed by atoms with Crippen molar-refractivity contribution in [2.75, 3.05) is 6.61 Å². The highest BCUT2D eigenvalue weighted by atomic mass is 17.5. The van der Waals surface area contributed by atoms with Gasteiger partial charge in [-0.05, 0) is 11.5 Å². The van der Waals surface area contributed by atoms with Crippen molar-refractivity contribution in [3.63, 3.8) is 0 Å². The highest BCUT2D eigenvalue weighted by Gasteiger charge is 1.98. The molecule has 20 heavy (non-hydrogen) atoms. The van der Waals surface area contributed by atoms with Crippen LogP contribution in [0.5, 0.6) is 0 Å². The van der Waals surface area contributed by atoms with Crippen LogP contribution in [0, 0.1) is 0 Å². The minimum absolute atomic E-state index is 0.366. The summed E-state index contributed by atoms with van der Waals surface area (Å²) in [6.45, 7) is 2.61. The second-order valence-electron chi connectivity index (χ2n) is 5.13. The van der Waals surface area contributed by atoms with E-state index in [-0.39, 0.29) is 0 Å². The number of carbonyl (C=O) groups is 1. The molecule has 0 aromatic heterocycles. The molecule has 0 aliphatic heterocycles. The van der Waals surface area contributed by atoms with Crippen LogP contribution in [-0.2, 0) is 14.8 Å². The van der Waals surface area contributed by atoms with Crippen LogP contribution < -0.4 is 0 Å². The summed E-state index contributed by atoms with van der Waals surface area (Å²) in [6, 6.07) is 0. The standard InChI is InChI=1S/C15H30O5/c1-2-3-4-5-6-7-8-9-10-11-12-13-14-18-20-19-15(16)17/h2-14H2,1H3,(H,16,17). The van der Waals surface area contributed by atoms with Crippen molar-refractivity contribution in [1.82, 2.24) is 0 Å². The Morgan fingerprint density at radius 2 is 1.25 bits per heavy atom. The fourth-order valence-electron chi connectivity index (χ4n) is 2.09. The third-order valence-electron chi connectivity index (χ3n) is 3.23. The van der Waals surface area contributed by atoms with Crippen molar-refractivity contribution in [3.8, 4) is 0 Å². The second kappa shape index (κ2) is 16.2.